The van der Waals surface area contributed by atoms with Gasteiger partial charge in [-0.05, 0) is 373 Å². The number of hydrogen-bond donors (Lipinski definition) is 6. The highest BCUT2D eigenvalue weighted by atomic mass is 16.5. The van der Waals surface area contributed by atoms with Gasteiger partial charge in [0.15, 0.2) is 0 Å². The van der Waals surface area contributed by atoms with Crippen molar-refractivity contribution < 1.29 is 9.47 Å². The number of hydrogen-bond acceptors (Lipinski definition) is 5. The first kappa shape index (κ1) is 82.3. The van der Waals surface area contributed by atoms with E-state index in [9.17, 15) is 0 Å². The highest BCUT2D eigenvalue weighted by molar-refractivity contribution is 5.91. The van der Waals surface area contributed by atoms with E-state index in [0.717, 1.165) is 68.3 Å². The Morgan fingerprint density at radius 2 is 0.882 bits per heavy atom. The maximum atomic E-state index is 6.33. The van der Waals surface area contributed by atoms with E-state index in [2.05, 4.69) is 238 Å². The Balaban J connectivity index is 0.000000106. The van der Waals surface area contributed by atoms with Crippen molar-refractivity contribution in [3.8, 4) is 22.6 Å². The summed E-state index contributed by atoms with van der Waals surface area (Å²) in [5.41, 5.74) is 32.0. The fraction of sp³-hybridized carbons (Fsp3) is 0.468. The minimum Gasteiger partial charge on any atom is -0.494 e. The zero-order valence-electron chi connectivity index (χ0n) is 71.7. The lowest BCUT2D eigenvalue weighted by molar-refractivity contribution is 0.155. The molecule has 10 nitrogen and oxygen atoms in total. The first-order chi connectivity index (χ1) is 58.1. The van der Waals surface area contributed by atoms with Crippen molar-refractivity contribution in [2.45, 2.75) is 296 Å². The van der Waals surface area contributed by atoms with Gasteiger partial charge < -0.3 is 49.5 Å². The van der Waals surface area contributed by atoms with Crippen LogP contribution in [0.25, 0.3) is 65.6 Å². The number of aromatic amines is 3. The fourth-order valence-electron chi connectivity index (χ4n) is 22.6. The normalized spacial score (nSPS) is 20.1. The molecule has 0 bridgehead atoms. The van der Waals surface area contributed by atoms with Gasteiger partial charge >= 0.3 is 0 Å². The van der Waals surface area contributed by atoms with Crippen molar-refractivity contribution in [2.75, 3.05) is 26.2 Å². The van der Waals surface area contributed by atoms with Crippen LogP contribution in [-0.4, -0.2) is 56.4 Å². The molecule has 7 aliphatic carbocycles. The van der Waals surface area contributed by atoms with Gasteiger partial charge in [-0.2, -0.15) is 0 Å². The number of rotatable bonds is 18. The number of nitrogens with one attached hydrogen (secondary N) is 6. The SMILES string of the molecule is C.CCCNC1CCCc2c1[nH]c1ccc(-c3ccccc3)cc21.Cc1ccc(OCCCNC2CCCc3c2[nH]c2ccc(C)cc32)cc1.Cc1ccc2[nH]c3c(c2c1)CCCC3NCC(C)Cc1ccccc1.c1cc2c(cc1C1CCCC1)c1c3n2CCCC3CCC1.c1cc2c(cc1OC1CCCCC1)c1c3n2CCCC3CCC1. The van der Waals surface area contributed by atoms with E-state index in [1.54, 1.807) is 33.5 Å². The molecule has 0 spiro atoms. The number of aryl methyl sites for hydroxylation is 10. The van der Waals surface area contributed by atoms with Crippen LogP contribution in [0, 0.1) is 26.7 Å². The third kappa shape index (κ3) is 18.4. The third-order valence-corrected chi connectivity index (χ3v) is 28.5. The molecular weight excluding hydrogens is 1450 g/mol. The molecule has 0 radical (unpaired) electrons. The van der Waals surface area contributed by atoms with E-state index < -0.39 is 0 Å². The van der Waals surface area contributed by atoms with E-state index in [1.165, 1.54) is 316 Å². The number of benzene rings is 8. The van der Waals surface area contributed by atoms with Gasteiger partial charge in [0.1, 0.15) is 11.5 Å². The van der Waals surface area contributed by atoms with Crippen molar-refractivity contribution in [3.63, 3.8) is 0 Å². The van der Waals surface area contributed by atoms with E-state index in [0.29, 0.717) is 30.1 Å². The molecule has 5 aromatic heterocycles. The Kier molecular flexibility index (Phi) is 26.5. The maximum absolute atomic E-state index is 6.33. The summed E-state index contributed by atoms with van der Waals surface area (Å²) in [6.07, 6.45) is 40.8. The van der Waals surface area contributed by atoms with Crippen LogP contribution in [0.15, 0.2) is 176 Å². The molecule has 8 aromatic carbocycles. The molecule has 2 saturated carbocycles. The van der Waals surface area contributed by atoms with Gasteiger partial charge in [0.2, 0.25) is 0 Å². The smallest absolute Gasteiger partial charge is 0.120 e. The highest BCUT2D eigenvalue weighted by Crippen LogP contribution is 2.48. The topological polar surface area (TPSA) is 112 Å². The summed E-state index contributed by atoms with van der Waals surface area (Å²) in [5, 5.41) is 18.6. The van der Waals surface area contributed by atoms with Gasteiger partial charge in [0, 0.05) is 114 Å². The predicted octanol–water partition coefficient (Wildman–Crippen LogP) is 27.5. The van der Waals surface area contributed by atoms with E-state index in [-0.39, 0.29) is 7.43 Å². The first-order valence-corrected chi connectivity index (χ1v) is 46.9. The van der Waals surface area contributed by atoms with Crippen LogP contribution >= 0.6 is 0 Å². The van der Waals surface area contributed by atoms with Gasteiger partial charge in [-0.3, -0.25) is 0 Å². The summed E-state index contributed by atoms with van der Waals surface area (Å²) in [6, 6.07) is 65.9. The lowest BCUT2D eigenvalue weighted by Crippen LogP contribution is -2.29. The second-order valence-corrected chi connectivity index (χ2v) is 37.0. The average molecular weight is 1590 g/mol. The van der Waals surface area contributed by atoms with Crippen LogP contribution < -0.4 is 25.4 Å². The van der Waals surface area contributed by atoms with Crippen LogP contribution in [0.4, 0.5) is 0 Å². The van der Waals surface area contributed by atoms with E-state index in [1.807, 2.05) is 12.1 Å². The largest absolute Gasteiger partial charge is 0.494 e. The lowest BCUT2D eigenvalue weighted by atomic mass is 9.82. The summed E-state index contributed by atoms with van der Waals surface area (Å²) in [7, 11) is 0. The van der Waals surface area contributed by atoms with Crippen molar-refractivity contribution in [1.29, 1.82) is 0 Å². The molecular formula is C109H136N8O2. The molecule has 6 N–H and O–H groups in total. The van der Waals surface area contributed by atoms with Crippen molar-refractivity contribution in [3.05, 3.63) is 260 Å². The van der Waals surface area contributed by atoms with Crippen LogP contribution in [0.1, 0.15) is 302 Å². The van der Waals surface area contributed by atoms with Crippen LogP contribution in [0.5, 0.6) is 11.5 Å². The minimum atomic E-state index is 0. The molecule has 119 heavy (non-hydrogen) atoms. The van der Waals surface area contributed by atoms with E-state index >= 15 is 0 Å². The van der Waals surface area contributed by atoms with Crippen LogP contribution in [-0.2, 0) is 51.6 Å². The van der Waals surface area contributed by atoms with Crippen LogP contribution in [0.3, 0.4) is 0 Å². The summed E-state index contributed by atoms with van der Waals surface area (Å²) in [5.74, 6) is 5.23. The van der Waals surface area contributed by atoms with Crippen molar-refractivity contribution in [1.82, 2.24) is 40.0 Å². The summed E-state index contributed by atoms with van der Waals surface area (Å²) >= 11 is 0. The Morgan fingerprint density at radius 3 is 1.47 bits per heavy atom. The minimum absolute atomic E-state index is 0. The molecule has 10 heteroatoms. The number of fused-ring (bicyclic) bond motifs is 15. The summed E-state index contributed by atoms with van der Waals surface area (Å²) < 4.78 is 17.5. The van der Waals surface area contributed by atoms with Gasteiger partial charge in [0.05, 0.1) is 12.7 Å². The number of nitrogens with zero attached hydrogens (tertiary/aromatic N) is 2. The van der Waals surface area contributed by atoms with E-state index in [4.69, 9.17) is 9.47 Å². The fourth-order valence-corrected chi connectivity index (χ4v) is 22.6. The molecule has 13 aromatic rings. The Morgan fingerprint density at radius 1 is 0.403 bits per heavy atom. The summed E-state index contributed by atoms with van der Waals surface area (Å²) in [6.45, 7) is 17.4. The molecule has 6 atom stereocenters. The average Bonchev–Trinajstić information content (AvgIpc) is 1.59. The lowest BCUT2D eigenvalue weighted by Gasteiger charge is -2.29. The molecule has 22 rings (SSSR count). The zero-order chi connectivity index (χ0) is 79.8. The quantitative estimate of drug-likeness (QED) is 0.0480. The molecule has 6 unspecified atom stereocenters. The summed E-state index contributed by atoms with van der Waals surface area (Å²) in [4.78, 5) is 11.1. The van der Waals surface area contributed by atoms with Crippen molar-refractivity contribution in [2.24, 2.45) is 5.92 Å². The molecule has 2 fully saturated rings. The molecule has 2 aliphatic heterocycles. The number of H-pyrrole nitrogens is 3. The zero-order valence-corrected chi connectivity index (χ0v) is 71.7. The Hall–Kier alpha value is -9.06. The Labute approximate surface area is 710 Å². The number of aromatic nitrogens is 5. The Bertz CT molecular complexity index is 5520. The molecule has 7 heterocycles. The second kappa shape index (κ2) is 38.3. The molecule has 9 aliphatic rings. The van der Waals surface area contributed by atoms with Crippen molar-refractivity contribution >= 4 is 54.5 Å². The molecule has 0 saturated heterocycles. The second-order valence-electron chi connectivity index (χ2n) is 37.0. The maximum Gasteiger partial charge on any atom is 0.120 e. The van der Waals surface area contributed by atoms with Gasteiger partial charge in [0.25, 0.3) is 0 Å². The molecule has 0 amide bonds. The van der Waals surface area contributed by atoms with Gasteiger partial charge in [-0.25, -0.2) is 0 Å². The monoisotopic (exact) mass is 1590 g/mol. The third-order valence-electron chi connectivity index (χ3n) is 28.5. The van der Waals surface area contributed by atoms with Gasteiger partial charge in [-0.1, -0.05) is 154 Å². The standard InChI is InChI=1S/C23H28N2O.C23H28N2.C21H24N2.C21H27NO.C20H25N.CH4/c1-16-7-10-18(11-8-16)26-14-4-13-24-22-6-3-5-19-20-15-17(2)9-12-21(20)25-23(19)22;1-16-11-12-21-20(14-16)19-9-6-10-22(23(19)25-21)24-15-17(2)13-18-7-4-3-5-8-18;1-2-13-22-20-10-6-9-17-18-14-16(15-7-4-3-5-8-15)11-12-19(18)23-21(17)20;1-2-8-16(9-3-1)23-17-11-12-20-19(14-17)18-10-4-6-15-7-5-13-22(20)21(15)18;1-2-6-14(5-1)16-10-11-19-18(13-16)17-9-3-7-15-8-4-12-21(19)20(15)17;/h7-12,15,22,24-25H,3-6,13-14H2,1-2H3;3-5,7-8,11-12,14,17,22,24-25H,6,9-10,13,15H2,1-2H3;3-5,7-8,11-12,14,20,22-23H,2,6,9-10,13H2,1H3;11-12,14-16H,1-10,13H2;10-11,13-15H,1-9,12H2;1H4. The van der Waals surface area contributed by atoms with Crippen LogP contribution in [0.2, 0.25) is 0 Å². The first-order valence-electron chi connectivity index (χ1n) is 46.9. The van der Waals surface area contributed by atoms with Gasteiger partial charge in [-0.15, -0.1) is 0 Å². The predicted molar refractivity (Wildman–Crippen MR) is 501 cm³/mol. The number of ether oxygens (including phenoxy) is 2. The molecule has 624 valence electrons. The highest BCUT2D eigenvalue weighted by Gasteiger charge is 2.34.